The maximum absolute atomic E-state index is 12.6. The Labute approximate surface area is 144 Å². The van der Waals surface area contributed by atoms with E-state index < -0.39 is 0 Å². The normalized spacial score (nSPS) is 13.3. The van der Waals surface area contributed by atoms with Gasteiger partial charge < -0.3 is 9.47 Å². The van der Waals surface area contributed by atoms with Gasteiger partial charge in [-0.05, 0) is 66.0 Å². The molecule has 3 rings (SSSR count). The first-order valence-electron chi connectivity index (χ1n) is 5.65. The summed E-state index contributed by atoms with van der Waals surface area (Å²) in [5.74, 6) is 1.22. The average Bonchev–Trinajstić information content (AvgIpc) is 2.77. The van der Waals surface area contributed by atoms with Gasteiger partial charge in [0.05, 0.1) is 8.66 Å². The summed E-state index contributed by atoms with van der Waals surface area (Å²) in [7, 11) is 0. The monoisotopic (exact) mass is 480 g/mol. The fourth-order valence-corrected chi connectivity index (χ4v) is 4.32. The van der Waals surface area contributed by atoms with Gasteiger partial charge in [0.15, 0.2) is 11.5 Å². The molecular weight excluding hydrogens is 476 g/mol. The van der Waals surface area contributed by atoms with Gasteiger partial charge in [-0.3, -0.25) is 4.79 Å². The molecule has 3 nitrogen and oxygen atoms in total. The van der Waals surface area contributed by atoms with Crippen molar-refractivity contribution in [1.29, 1.82) is 0 Å². The lowest BCUT2D eigenvalue weighted by molar-refractivity contribution is 0.104. The molecule has 1 aromatic heterocycles. The number of ether oxygens (including phenoxy) is 2. The Kier molecular flexibility index (Phi) is 4.21. The summed E-state index contributed by atoms with van der Waals surface area (Å²) in [5, 5.41) is 0. The van der Waals surface area contributed by atoms with Gasteiger partial charge in [-0.2, -0.15) is 0 Å². The van der Waals surface area contributed by atoms with E-state index in [1.165, 1.54) is 11.3 Å². The lowest BCUT2D eigenvalue weighted by atomic mass is 10.1. The van der Waals surface area contributed by atoms with E-state index in [2.05, 4.69) is 47.8 Å². The summed E-state index contributed by atoms with van der Waals surface area (Å²) >= 11 is 11.6. The molecule has 0 unspecified atom stereocenters. The van der Waals surface area contributed by atoms with Gasteiger partial charge in [0.2, 0.25) is 5.78 Å². The molecule has 0 atom stereocenters. The lowest BCUT2D eigenvalue weighted by Crippen LogP contribution is -2.16. The topological polar surface area (TPSA) is 35.5 Å². The highest BCUT2D eigenvalue weighted by Crippen LogP contribution is 2.38. The van der Waals surface area contributed by atoms with E-state index in [0.29, 0.717) is 39.6 Å². The number of carbonyl (C=O) groups is 1. The zero-order valence-corrected chi connectivity index (χ0v) is 15.5. The van der Waals surface area contributed by atoms with E-state index in [0.717, 1.165) is 8.26 Å². The molecular formula is C13H7Br3O3S. The van der Waals surface area contributed by atoms with Gasteiger partial charge in [-0.1, -0.05) is 0 Å². The van der Waals surface area contributed by atoms with Crippen LogP contribution < -0.4 is 9.47 Å². The molecule has 20 heavy (non-hydrogen) atoms. The summed E-state index contributed by atoms with van der Waals surface area (Å²) in [6.45, 7) is 1.02. The van der Waals surface area contributed by atoms with Crippen LogP contribution in [0, 0.1) is 0 Å². The van der Waals surface area contributed by atoms with Crippen LogP contribution in [-0.4, -0.2) is 19.0 Å². The Morgan fingerprint density at radius 2 is 1.65 bits per heavy atom. The second-order valence-corrected chi connectivity index (χ2v) is 8.12. The number of rotatable bonds is 2. The maximum Gasteiger partial charge on any atom is 0.204 e. The molecule has 1 aliphatic rings. The minimum atomic E-state index is -0.0507. The van der Waals surface area contributed by atoms with E-state index in [1.54, 1.807) is 18.2 Å². The molecule has 2 aromatic rings. The molecule has 0 bridgehead atoms. The summed E-state index contributed by atoms with van der Waals surface area (Å²) in [4.78, 5) is 13.2. The SMILES string of the molecule is O=C(c1cc(Br)c(Br)s1)c1cc2c(cc1Br)OCCO2. The van der Waals surface area contributed by atoms with Crippen molar-refractivity contribution in [3.05, 3.63) is 41.4 Å². The molecule has 7 heteroatoms. The number of ketones is 1. The fraction of sp³-hybridized carbons (Fsp3) is 0.154. The Balaban J connectivity index is 2.03. The first-order valence-corrected chi connectivity index (χ1v) is 8.84. The second kappa shape index (κ2) is 5.79. The van der Waals surface area contributed by atoms with Crippen LogP contribution in [0.15, 0.2) is 30.9 Å². The largest absolute Gasteiger partial charge is 0.486 e. The minimum Gasteiger partial charge on any atom is -0.486 e. The average molecular weight is 483 g/mol. The highest BCUT2D eigenvalue weighted by atomic mass is 79.9. The highest BCUT2D eigenvalue weighted by molar-refractivity contribution is 9.13. The third kappa shape index (κ3) is 2.68. The van der Waals surface area contributed by atoms with E-state index in [1.807, 2.05) is 0 Å². The van der Waals surface area contributed by atoms with Crippen molar-refractivity contribution in [2.75, 3.05) is 13.2 Å². The quantitative estimate of drug-likeness (QED) is 0.563. The molecule has 0 N–H and O–H groups in total. The van der Waals surface area contributed by atoms with Gasteiger partial charge in [-0.25, -0.2) is 0 Å². The van der Waals surface area contributed by atoms with Gasteiger partial charge in [0.25, 0.3) is 0 Å². The smallest absolute Gasteiger partial charge is 0.204 e. The number of hydrogen-bond donors (Lipinski definition) is 0. The number of hydrogen-bond acceptors (Lipinski definition) is 4. The van der Waals surface area contributed by atoms with Crippen LogP contribution in [0.5, 0.6) is 11.5 Å². The van der Waals surface area contributed by atoms with Gasteiger partial charge >= 0.3 is 0 Å². The zero-order valence-electron chi connectivity index (χ0n) is 9.91. The van der Waals surface area contributed by atoms with Crippen molar-refractivity contribution in [3.63, 3.8) is 0 Å². The summed E-state index contributed by atoms with van der Waals surface area (Å²) in [6.07, 6.45) is 0. The molecule has 1 aromatic carbocycles. The minimum absolute atomic E-state index is 0.0507. The first kappa shape index (κ1) is 14.6. The van der Waals surface area contributed by atoms with Gasteiger partial charge in [0.1, 0.15) is 13.2 Å². The zero-order chi connectivity index (χ0) is 14.3. The van der Waals surface area contributed by atoms with Crippen molar-refractivity contribution in [1.82, 2.24) is 0 Å². The molecule has 104 valence electrons. The van der Waals surface area contributed by atoms with Gasteiger partial charge in [0, 0.05) is 14.5 Å². The van der Waals surface area contributed by atoms with E-state index in [-0.39, 0.29) is 5.78 Å². The summed E-state index contributed by atoms with van der Waals surface area (Å²) < 4.78 is 13.5. The van der Waals surface area contributed by atoms with Crippen molar-refractivity contribution >= 4 is 64.9 Å². The van der Waals surface area contributed by atoms with Crippen LogP contribution in [0.1, 0.15) is 15.2 Å². The predicted octanol–water partition coefficient (Wildman–Crippen LogP) is 5.04. The van der Waals surface area contributed by atoms with Crippen LogP contribution >= 0.6 is 59.1 Å². The Hall–Kier alpha value is -0.370. The number of benzene rings is 1. The van der Waals surface area contributed by atoms with Crippen molar-refractivity contribution in [2.45, 2.75) is 0 Å². The van der Waals surface area contributed by atoms with Crippen LogP contribution in [0.3, 0.4) is 0 Å². The second-order valence-electron chi connectivity index (χ2n) is 4.04. The Morgan fingerprint density at radius 3 is 2.25 bits per heavy atom. The maximum atomic E-state index is 12.6. The molecule has 1 aliphatic heterocycles. The summed E-state index contributed by atoms with van der Waals surface area (Å²) in [5.41, 5.74) is 0.565. The highest BCUT2D eigenvalue weighted by Gasteiger charge is 2.21. The molecule has 2 heterocycles. The molecule has 0 amide bonds. The van der Waals surface area contributed by atoms with Crippen molar-refractivity contribution in [3.8, 4) is 11.5 Å². The van der Waals surface area contributed by atoms with Crippen LogP contribution in [0.25, 0.3) is 0 Å². The molecule has 0 spiro atoms. The van der Waals surface area contributed by atoms with Crippen LogP contribution in [0.2, 0.25) is 0 Å². The fourth-order valence-electron chi connectivity index (χ4n) is 1.83. The van der Waals surface area contributed by atoms with E-state index in [9.17, 15) is 4.79 Å². The lowest BCUT2D eigenvalue weighted by Gasteiger charge is -2.19. The van der Waals surface area contributed by atoms with Crippen LogP contribution in [0.4, 0.5) is 0 Å². The number of thiophene rings is 1. The standard InChI is InChI=1S/C13H7Br3O3S/c14-7-4-10-9(18-1-2-19-10)3-6(7)12(17)11-5-8(15)13(16)20-11/h3-5H,1-2H2. The first-order chi connectivity index (χ1) is 9.56. The van der Waals surface area contributed by atoms with E-state index in [4.69, 9.17) is 9.47 Å². The number of carbonyl (C=O) groups excluding carboxylic acids is 1. The number of halogens is 3. The number of fused-ring (bicyclic) bond motifs is 1. The Morgan fingerprint density at radius 1 is 1.00 bits per heavy atom. The van der Waals surface area contributed by atoms with E-state index >= 15 is 0 Å². The van der Waals surface area contributed by atoms with Gasteiger partial charge in [-0.15, -0.1) is 11.3 Å². The predicted molar refractivity (Wildman–Crippen MR) is 88.3 cm³/mol. The third-order valence-electron chi connectivity index (χ3n) is 2.75. The van der Waals surface area contributed by atoms with Crippen molar-refractivity contribution < 1.29 is 14.3 Å². The molecule has 0 saturated heterocycles. The van der Waals surface area contributed by atoms with Crippen molar-refractivity contribution in [2.24, 2.45) is 0 Å². The third-order valence-corrected chi connectivity index (χ3v) is 6.66. The molecule has 0 fully saturated rings. The molecule has 0 saturated carbocycles. The molecule has 0 aliphatic carbocycles. The molecule has 0 radical (unpaired) electrons. The Bertz CT molecular complexity index is 677. The van der Waals surface area contributed by atoms with Crippen LogP contribution in [-0.2, 0) is 0 Å². The summed E-state index contributed by atoms with van der Waals surface area (Å²) in [6, 6.07) is 5.31.